The first-order valence-corrected chi connectivity index (χ1v) is 9.42. The summed E-state index contributed by atoms with van der Waals surface area (Å²) in [7, 11) is 0. The summed E-state index contributed by atoms with van der Waals surface area (Å²) in [6.45, 7) is 7.38. The van der Waals surface area contributed by atoms with E-state index in [9.17, 15) is 4.79 Å². The van der Waals surface area contributed by atoms with Crippen molar-refractivity contribution >= 4 is 40.1 Å². The molecule has 1 saturated heterocycles. The summed E-state index contributed by atoms with van der Waals surface area (Å²) in [6, 6.07) is 5.45. The molecule has 140 valence electrons. The molecule has 6 nitrogen and oxygen atoms in total. The van der Waals surface area contributed by atoms with E-state index in [2.05, 4.69) is 20.2 Å². The van der Waals surface area contributed by atoms with Gasteiger partial charge in [0.25, 0.3) is 5.91 Å². The smallest absolute Gasteiger partial charge is 0.260 e. The van der Waals surface area contributed by atoms with E-state index in [4.69, 9.17) is 16.0 Å². The van der Waals surface area contributed by atoms with Gasteiger partial charge >= 0.3 is 0 Å². The van der Waals surface area contributed by atoms with Gasteiger partial charge in [0.2, 0.25) is 5.71 Å². The third-order valence-electron chi connectivity index (χ3n) is 4.88. The van der Waals surface area contributed by atoms with E-state index in [1.807, 2.05) is 26.0 Å². The van der Waals surface area contributed by atoms with Gasteiger partial charge in [-0.1, -0.05) is 17.7 Å². The third-order valence-corrected chi connectivity index (χ3v) is 5.29. The molecule has 4 rings (SSSR count). The highest BCUT2D eigenvalue weighted by molar-refractivity contribution is 6.31. The van der Waals surface area contributed by atoms with Crippen LogP contribution in [0.1, 0.15) is 40.3 Å². The number of hydrogen-bond donors (Lipinski definition) is 1. The monoisotopic (exact) mass is 384 g/mol. The van der Waals surface area contributed by atoms with E-state index >= 15 is 0 Å². The quantitative estimate of drug-likeness (QED) is 0.711. The Kier molecular flexibility index (Phi) is 4.52. The fraction of sp³-hybridized carbons (Fsp3) is 0.350. The van der Waals surface area contributed by atoms with Crippen molar-refractivity contribution in [3.63, 3.8) is 0 Å². The Morgan fingerprint density at radius 1 is 1.19 bits per heavy atom. The number of hydrogen-bond acceptors (Lipinski definition) is 5. The van der Waals surface area contributed by atoms with Crippen LogP contribution in [0.2, 0.25) is 5.02 Å². The van der Waals surface area contributed by atoms with Gasteiger partial charge in [0, 0.05) is 23.8 Å². The van der Waals surface area contributed by atoms with Gasteiger partial charge in [0.15, 0.2) is 0 Å². The van der Waals surface area contributed by atoms with Crippen LogP contribution in [0, 0.1) is 20.8 Å². The van der Waals surface area contributed by atoms with Gasteiger partial charge in [0.05, 0.1) is 10.9 Å². The third kappa shape index (κ3) is 3.25. The Morgan fingerprint density at radius 2 is 1.93 bits per heavy atom. The van der Waals surface area contributed by atoms with Crippen LogP contribution in [0.5, 0.6) is 0 Å². The van der Waals surface area contributed by atoms with Gasteiger partial charge in [-0.3, -0.25) is 4.79 Å². The molecular weight excluding hydrogens is 364 g/mol. The SMILES string of the molecule is Cc1nc(N2CCCC2)c2c(C(=O)Nc3ccc(C)c(Cl)c3)c(C)oc2n1. The second-order valence-corrected chi connectivity index (χ2v) is 7.33. The van der Waals surface area contributed by atoms with E-state index in [1.54, 1.807) is 13.0 Å². The van der Waals surface area contributed by atoms with Crippen LogP contribution in [0.25, 0.3) is 11.1 Å². The van der Waals surface area contributed by atoms with Crippen LogP contribution in [-0.2, 0) is 0 Å². The van der Waals surface area contributed by atoms with Crippen LogP contribution >= 0.6 is 11.6 Å². The number of nitrogens with one attached hydrogen (secondary N) is 1. The molecule has 3 aromatic rings. The highest BCUT2D eigenvalue weighted by atomic mass is 35.5. The van der Waals surface area contributed by atoms with Crippen LogP contribution < -0.4 is 10.2 Å². The number of carbonyl (C=O) groups excluding carboxylic acids is 1. The lowest BCUT2D eigenvalue weighted by atomic mass is 10.1. The van der Waals surface area contributed by atoms with Crippen LogP contribution in [0.3, 0.4) is 0 Å². The van der Waals surface area contributed by atoms with Crippen molar-refractivity contribution in [3.8, 4) is 0 Å². The second kappa shape index (κ2) is 6.85. The molecule has 1 fully saturated rings. The van der Waals surface area contributed by atoms with Crippen molar-refractivity contribution < 1.29 is 9.21 Å². The number of carbonyl (C=O) groups is 1. The summed E-state index contributed by atoms with van der Waals surface area (Å²) in [5.41, 5.74) is 2.53. The molecule has 0 radical (unpaired) electrons. The summed E-state index contributed by atoms with van der Waals surface area (Å²) in [6.07, 6.45) is 2.23. The number of fused-ring (bicyclic) bond motifs is 1. The molecule has 0 bridgehead atoms. The number of aryl methyl sites for hydroxylation is 3. The van der Waals surface area contributed by atoms with E-state index in [0.717, 1.165) is 37.3 Å². The first-order chi connectivity index (χ1) is 12.9. The predicted molar refractivity (Wildman–Crippen MR) is 107 cm³/mol. The molecule has 1 aliphatic rings. The van der Waals surface area contributed by atoms with Crippen molar-refractivity contribution in [3.05, 3.63) is 45.9 Å². The average Bonchev–Trinajstić information content (AvgIpc) is 3.24. The van der Waals surface area contributed by atoms with Gasteiger partial charge in [-0.25, -0.2) is 4.98 Å². The van der Waals surface area contributed by atoms with Crippen molar-refractivity contribution in [2.75, 3.05) is 23.3 Å². The summed E-state index contributed by atoms with van der Waals surface area (Å²) in [5, 5.41) is 4.21. The second-order valence-electron chi connectivity index (χ2n) is 6.92. The van der Waals surface area contributed by atoms with Crippen molar-refractivity contribution in [1.29, 1.82) is 0 Å². The number of nitrogens with zero attached hydrogens (tertiary/aromatic N) is 3. The topological polar surface area (TPSA) is 71.3 Å². The van der Waals surface area contributed by atoms with Crippen molar-refractivity contribution in [2.45, 2.75) is 33.6 Å². The Morgan fingerprint density at radius 3 is 2.63 bits per heavy atom. The number of furan rings is 1. The van der Waals surface area contributed by atoms with E-state index in [0.29, 0.717) is 39.0 Å². The largest absolute Gasteiger partial charge is 0.442 e. The lowest BCUT2D eigenvalue weighted by molar-refractivity contribution is 0.102. The maximum Gasteiger partial charge on any atom is 0.260 e. The Labute approximate surface area is 162 Å². The maximum atomic E-state index is 13.1. The minimum Gasteiger partial charge on any atom is -0.442 e. The number of anilines is 2. The normalized spacial score (nSPS) is 14.1. The first kappa shape index (κ1) is 17.8. The summed E-state index contributed by atoms with van der Waals surface area (Å²) in [5.74, 6) is 1.69. The van der Waals surface area contributed by atoms with E-state index in [1.165, 1.54) is 0 Å². The number of amides is 1. The highest BCUT2D eigenvalue weighted by Gasteiger charge is 2.27. The first-order valence-electron chi connectivity index (χ1n) is 9.04. The van der Waals surface area contributed by atoms with Crippen LogP contribution in [-0.4, -0.2) is 29.0 Å². The minimum atomic E-state index is -0.251. The maximum absolute atomic E-state index is 13.1. The molecule has 2 aromatic heterocycles. The Hall–Kier alpha value is -2.60. The fourth-order valence-electron chi connectivity index (χ4n) is 3.49. The van der Waals surface area contributed by atoms with E-state index in [-0.39, 0.29) is 5.91 Å². The number of rotatable bonds is 3. The molecule has 1 aromatic carbocycles. The molecule has 1 N–H and O–H groups in total. The summed E-state index contributed by atoms with van der Waals surface area (Å²) < 4.78 is 5.82. The standard InChI is InChI=1S/C20H21ClN4O2/c1-11-6-7-14(10-15(11)21)24-19(26)16-12(2)27-20-17(16)18(22-13(3)23-20)25-8-4-5-9-25/h6-7,10H,4-5,8-9H2,1-3H3,(H,24,26). The lowest BCUT2D eigenvalue weighted by Crippen LogP contribution is -2.21. The molecule has 27 heavy (non-hydrogen) atoms. The summed E-state index contributed by atoms with van der Waals surface area (Å²) in [4.78, 5) is 24.3. The number of aromatic nitrogens is 2. The Bertz CT molecular complexity index is 1040. The van der Waals surface area contributed by atoms with Gasteiger partial charge in [0.1, 0.15) is 17.4 Å². The van der Waals surface area contributed by atoms with Crippen molar-refractivity contribution in [2.24, 2.45) is 0 Å². The molecular formula is C20H21ClN4O2. The van der Waals surface area contributed by atoms with Gasteiger partial charge in [-0.2, -0.15) is 4.98 Å². The summed E-state index contributed by atoms with van der Waals surface area (Å²) >= 11 is 6.18. The predicted octanol–water partition coefficient (Wildman–Crippen LogP) is 4.65. The zero-order valence-corrected chi connectivity index (χ0v) is 16.4. The Balaban J connectivity index is 1.79. The molecule has 0 atom stereocenters. The fourth-order valence-corrected chi connectivity index (χ4v) is 3.67. The molecule has 3 heterocycles. The molecule has 1 aliphatic heterocycles. The molecule has 0 aliphatic carbocycles. The molecule has 0 spiro atoms. The molecule has 7 heteroatoms. The van der Waals surface area contributed by atoms with Gasteiger partial charge in [-0.05, 0) is 51.3 Å². The van der Waals surface area contributed by atoms with Gasteiger partial charge in [-0.15, -0.1) is 0 Å². The average molecular weight is 385 g/mol. The molecule has 1 amide bonds. The zero-order chi connectivity index (χ0) is 19.1. The van der Waals surface area contributed by atoms with Crippen LogP contribution in [0.4, 0.5) is 11.5 Å². The van der Waals surface area contributed by atoms with Crippen molar-refractivity contribution in [1.82, 2.24) is 9.97 Å². The molecule has 0 saturated carbocycles. The number of halogens is 1. The van der Waals surface area contributed by atoms with Gasteiger partial charge < -0.3 is 14.6 Å². The van der Waals surface area contributed by atoms with Crippen LogP contribution in [0.15, 0.2) is 22.6 Å². The van der Waals surface area contributed by atoms with E-state index < -0.39 is 0 Å². The lowest BCUT2D eigenvalue weighted by Gasteiger charge is -2.18. The zero-order valence-electron chi connectivity index (χ0n) is 15.6. The number of benzene rings is 1. The molecule has 0 unspecified atom stereocenters. The minimum absolute atomic E-state index is 0.251. The highest BCUT2D eigenvalue weighted by Crippen LogP contribution is 2.34.